The summed E-state index contributed by atoms with van der Waals surface area (Å²) in [6.07, 6.45) is 1.40. The predicted octanol–water partition coefficient (Wildman–Crippen LogP) is 3.86. The van der Waals surface area contributed by atoms with Crippen molar-refractivity contribution in [1.29, 1.82) is 0 Å². The Labute approximate surface area is 283 Å². The lowest BCUT2D eigenvalue weighted by Crippen LogP contribution is -2.66. The van der Waals surface area contributed by atoms with Gasteiger partial charge in [-0.1, -0.05) is 88.0 Å². The molecule has 0 bridgehead atoms. The van der Waals surface area contributed by atoms with Crippen LogP contribution in [-0.4, -0.2) is 127 Å². The fourth-order valence-electron chi connectivity index (χ4n) is 4.85. The summed E-state index contributed by atoms with van der Waals surface area (Å²) in [7, 11) is -2.53. The van der Waals surface area contributed by atoms with E-state index in [0.29, 0.717) is 119 Å². The SMILES string of the molecule is C=COCCOCCOCCOCCOCCOCCOCCOCCOCCO[Si](c1ccccc1)(c1ccccc1)C(C)(C)C. The van der Waals surface area contributed by atoms with Crippen molar-refractivity contribution in [3.63, 3.8) is 0 Å². The molecule has 0 saturated carbocycles. The van der Waals surface area contributed by atoms with E-state index in [4.69, 9.17) is 47.1 Å². The van der Waals surface area contributed by atoms with Crippen molar-refractivity contribution in [1.82, 2.24) is 0 Å². The number of hydrogen-bond acceptors (Lipinski definition) is 10. The van der Waals surface area contributed by atoms with Crippen molar-refractivity contribution in [2.75, 3.05) is 119 Å². The largest absolute Gasteiger partial charge is 0.499 e. The molecule has 0 saturated heterocycles. The predicted molar refractivity (Wildman–Crippen MR) is 186 cm³/mol. The summed E-state index contributed by atoms with van der Waals surface area (Å²) in [5.74, 6) is 0. The van der Waals surface area contributed by atoms with Crippen LogP contribution in [0.1, 0.15) is 20.8 Å². The third-order valence-corrected chi connectivity index (χ3v) is 12.1. The molecule has 11 heteroatoms. The molecule has 0 N–H and O–H groups in total. The molecule has 0 fully saturated rings. The van der Waals surface area contributed by atoms with E-state index in [2.05, 4.69) is 88.0 Å². The highest BCUT2D eigenvalue weighted by Crippen LogP contribution is 2.36. The Morgan fingerprint density at radius 1 is 0.447 bits per heavy atom. The van der Waals surface area contributed by atoms with Crippen LogP contribution in [0.5, 0.6) is 0 Å². The van der Waals surface area contributed by atoms with E-state index in [-0.39, 0.29) is 5.04 Å². The third-order valence-electron chi connectivity index (χ3n) is 7.03. The van der Waals surface area contributed by atoms with Gasteiger partial charge in [-0.2, -0.15) is 0 Å². The molecule has 0 aliphatic rings. The highest BCUT2D eigenvalue weighted by atomic mass is 28.4. The summed E-state index contributed by atoms with van der Waals surface area (Å²) in [5.41, 5.74) is 0. The maximum absolute atomic E-state index is 6.84. The normalized spacial score (nSPS) is 12.0. The molecular weight excluding hydrogens is 620 g/mol. The Bertz CT molecular complexity index is 951. The van der Waals surface area contributed by atoms with E-state index in [9.17, 15) is 0 Å². The molecule has 0 aliphatic carbocycles. The summed E-state index contributed by atoms with van der Waals surface area (Å²) in [4.78, 5) is 0. The summed E-state index contributed by atoms with van der Waals surface area (Å²) in [6.45, 7) is 19.6. The van der Waals surface area contributed by atoms with Crippen LogP contribution in [0.25, 0.3) is 0 Å². The summed E-state index contributed by atoms with van der Waals surface area (Å²) in [6, 6.07) is 21.3. The molecule has 2 aromatic rings. The Morgan fingerprint density at radius 3 is 1.00 bits per heavy atom. The molecule has 10 nitrogen and oxygen atoms in total. The summed E-state index contributed by atoms with van der Waals surface area (Å²) >= 11 is 0. The molecule has 0 atom stereocenters. The smallest absolute Gasteiger partial charge is 0.261 e. The Kier molecular flexibility index (Phi) is 23.3. The fraction of sp³-hybridized carbons (Fsp3) is 0.611. The van der Waals surface area contributed by atoms with E-state index in [0.717, 1.165) is 0 Å². The first-order valence-corrected chi connectivity index (χ1v) is 18.5. The minimum atomic E-state index is -2.53. The first kappa shape index (κ1) is 41.0. The van der Waals surface area contributed by atoms with E-state index in [1.165, 1.54) is 16.6 Å². The first-order valence-electron chi connectivity index (χ1n) is 16.6. The number of hydrogen-bond donors (Lipinski definition) is 0. The van der Waals surface area contributed by atoms with Gasteiger partial charge in [0.1, 0.15) is 6.61 Å². The van der Waals surface area contributed by atoms with E-state index in [1.54, 1.807) is 0 Å². The van der Waals surface area contributed by atoms with Crippen molar-refractivity contribution in [2.45, 2.75) is 25.8 Å². The molecular formula is C36H58O10Si. The van der Waals surface area contributed by atoms with Crippen molar-refractivity contribution in [2.24, 2.45) is 0 Å². The minimum absolute atomic E-state index is 0.0528. The topological polar surface area (TPSA) is 92.3 Å². The summed E-state index contributed by atoms with van der Waals surface area (Å²) in [5, 5.41) is 2.48. The molecule has 266 valence electrons. The van der Waals surface area contributed by atoms with Gasteiger partial charge in [-0.15, -0.1) is 0 Å². The lowest BCUT2D eigenvalue weighted by Gasteiger charge is -2.43. The van der Waals surface area contributed by atoms with Crippen molar-refractivity contribution < 1.29 is 47.1 Å². The number of ether oxygens (including phenoxy) is 9. The van der Waals surface area contributed by atoms with Gasteiger partial charge in [0.25, 0.3) is 8.32 Å². The van der Waals surface area contributed by atoms with E-state index < -0.39 is 8.32 Å². The first-order chi connectivity index (χ1) is 23.0. The Hall–Kier alpha value is -2.16. The molecule has 0 aliphatic heterocycles. The maximum atomic E-state index is 6.84. The van der Waals surface area contributed by atoms with E-state index in [1.807, 2.05) is 0 Å². The second kappa shape index (κ2) is 26.8. The Morgan fingerprint density at radius 2 is 0.723 bits per heavy atom. The summed E-state index contributed by atoms with van der Waals surface area (Å²) < 4.78 is 56.1. The zero-order chi connectivity index (χ0) is 33.7. The zero-order valence-electron chi connectivity index (χ0n) is 28.9. The monoisotopic (exact) mass is 678 g/mol. The molecule has 0 heterocycles. The van der Waals surface area contributed by atoms with Gasteiger partial charge in [0.2, 0.25) is 0 Å². The second-order valence-corrected chi connectivity index (χ2v) is 15.8. The molecule has 0 spiro atoms. The number of rotatable bonds is 31. The van der Waals surface area contributed by atoms with Gasteiger partial charge in [0.15, 0.2) is 0 Å². The molecule has 47 heavy (non-hydrogen) atoms. The van der Waals surface area contributed by atoms with Crippen LogP contribution in [0.4, 0.5) is 0 Å². The van der Waals surface area contributed by atoms with Gasteiger partial charge in [-0.05, 0) is 15.4 Å². The van der Waals surface area contributed by atoms with Gasteiger partial charge in [0, 0.05) is 0 Å². The van der Waals surface area contributed by atoms with Crippen molar-refractivity contribution in [3.05, 3.63) is 73.5 Å². The minimum Gasteiger partial charge on any atom is -0.499 e. The van der Waals surface area contributed by atoms with Gasteiger partial charge in [-0.3, -0.25) is 0 Å². The second-order valence-electron chi connectivity index (χ2n) is 11.4. The van der Waals surface area contributed by atoms with Crippen LogP contribution in [0.2, 0.25) is 5.04 Å². The number of benzene rings is 2. The average molecular weight is 679 g/mol. The highest BCUT2D eigenvalue weighted by Gasteiger charge is 2.49. The van der Waals surface area contributed by atoms with Crippen LogP contribution in [0.3, 0.4) is 0 Å². The average Bonchev–Trinajstić information content (AvgIpc) is 3.08. The van der Waals surface area contributed by atoms with E-state index >= 15 is 0 Å². The van der Waals surface area contributed by atoms with Crippen molar-refractivity contribution in [3.8, 4) is 0 Å². The Balaban J connectivity index is 1.39. The van der Waals surface area contributed by atoms with Gasteiger partial charge < -0.3 is 47.1 Å². The fourth-order valence-corrected chi connectivity index (χ4v) is 9.39. The molecule has 0 amide bonds. The van der Waals surface area contributed by atoms with Crippen LogP contribution >= 0.6 is 0 Å². The highest BCUT2D eigenvalue weighted by molar-refractivity contribution is 6.99. The standard InChI is InChI=1S/C36H58O10Si/c1-5-37-16-17-38-18-19-39-20-21-40-22-23-41-24-25-42-26-27-43-28-29-44-30-31-45-32-33-46-47(36(2,3)4,34-12-8-6-9-13-34)35-14-10-7-11-15-35/h5-15H,1,16-33H2,2-4H3. The van der Waals surface area contributed by atoms with Gasteiger partial charge in [0.05, 0.1) is 119 Å². The zero-order valence-corrected chi connectivity index (χ0v) is 29.9. The molecule has 2 rings (SSSR count). The van der Waals surface area contributed by atoms with Crippen LogP contribution in [0.15, 0.2) is 73.5 Å². The molecule has 0 unspecified atom stereocenters. The lowest BCUT2D eigenvalue weighted by atomic mass is 10.2. The molecule has 2 aromatic carbocycles. The van der Waals surface area contributed by atoms with Crippen LogP contribution in [-0.2, 0) is 47.1 Å². The lowest BCUT2D eigenvalue weighted by molar-refractivity contribution is -0.0244. The molecule has 0 radical (unpaired) electrons. The maximum Gasteiger partial charge on any atom is 0.261 e. The van der Waals surface area contributed by atoms with Gasteiger partial charge >= 0.3 is 0 Å². The van der Waals surface area contributed by atoms with Crippen LogP contribution in [0, 0.1) is 0 Å². The third kappa shape index (κ3) is 17.7. The van der Waals surface area contributed by atoms with Crippen molar-refractivity contribution >= 4 is 18.7 Å². The quantitative estimate of drug-likeness (QED) is 0.0666. The van der Waals surface area contributed by atoms with Gasteiger partial charge in [-0.25, -0.2) is 0 Å². The molecule has 0 aromatic heterocycles. The van der Waals surface area contributed by atoms with Crippen LogP contribution < -0.4 is 10.4 Å².